The summed E-state index contributed by atoms with van der Waals surface area (Å²) in [6, 6.07) is 10.5. The molecule has 3 rings (SSSR count). The maximum absolute atomic E-state index is 5.76. The number of hydrogen-bond acceptors (Lipinski definition) is 2. The molecular weight excluding hydrogens is 234 g/mol. The van der Waals surface area contributed by atoms with Gasteiger partial charge in [-0.3, -0.25) is 5.10 Å². The Morgan fingerprint density at radius 1 is 1.24 bits per heavy atom. The molecule has 3 nitrogen and oxygen atoms in total. The van der Waals surface area contributed by atoms with Gasteiger partial charge in [-0.2, -0.15) is 5.10 Å². The van der Waals surface area contributed by atoms with Crippen LogP contribution < -0.4 is 0 Å². The van der Waals surface area contributed by atoms with Crippen molar-refractivity contribution in [3.8, 4) is 0 Å². The van der Waals surface area contributed by atoms with E-state index in [2.05, 4.69) is 39.4 Å². The zero-order valence-electron chi connectivity index (χ0n) is 9.49. The monoisotopic (exact) mass is 247 g/mol. The van der Waals surface area contributed by atoms with Crippen molar-refractivity contribution in [2.24, 2.45) is 0 Å². The van der Waals surface area contributed by atoms with Crippen LogP contribution in [0.15, 0.2) is 30.3 Å². The first-order valence-electron chi connectivity index (χ1n) is 5.88. The van der Waals surface area contributed by atoms with E-state index in [4.69, 9.17) is 11.6 Å². The van der Waals surface area contributed by atoms with E-state index in [0.717, 1.165) is 24.5 Å². The van der Waals surface area contributed by atoms with Crippen LogP contribution in [0.1, 0.15) is 36.5 Å². The van der Waals surface area contributed by atoms with Crippen molar-refractivity contribution in [2.45, 2.75) is 30.6 Å². The molecule has 0 aliphatic heterocycles. The highest BCUT2D eigenvalue weighted by atomic mass is 35.5. The third kappa shape index (κ3) is 1.65. The molecule has 1 aliphatic rings. The largest absolute Gasteiger partial charge is 0.262 e. The summed E-state index contributed by atoms with van der Waals surface area (Å²) in [5.41, 5.74) is 1.33. The predicted octanol–water partition coefficient (Wildman–Crippen LogP) is 3.01. The first-order valence-corrected chi connectivity index (χ1v) is 6.42. The minimum absolute atomic E-state index is 0.0159. The van der Waals surface area contributed by atoms with Crippen molar-refractivity contribution in [3.63, 3.8) is 0 Å². The van der Waals surface area contributed by atoms with Crippen LogP contribution in [0.25, 0.3) is 0 Å². The minimum Gasteiger partial charge on any atom is -0.262 e. The molecule has 1 aromatic carbocycles. The number of benzene rings is 1. The molecule has 17 heavy (non-hydrogen) atoms. The maximum Gasteiger partial charge on any atom is 0.161 e. The van der Waals surface area contributed by atoms with Crippen LogP contribution in [0.4, 0.5) is 0 Å². The number of alkyl halides is 1. The van der Waals surface area contributed by atoms with Crippen molar-refractivity contribution in [1.29, 1.82) is 0 Å². The van der Waals surface area contributed by atoms with Crippen molar-refractivity contribution < 1.29 is 0 Å². The van der Waals surface area contributed by atoms with Crippen molar-refractivity contribution in [1.82, 2.24) is 15.2 Å². The second kappa shape index (κ2) is 4.15. The molecule has 0 bridgehead atoms. The molecule has 0 radical (unpaired) electrons. The lowest BCUT2D eigenvalue weighted by atomic mass is 9.64. The first kappa shape index (κ1) is 10.8. The third-order valence-corrected chi connectivity index (χ3v) is 3.87. The normalized spacial score (nSPS) is 17.7. The number of hydrogen-bond donors (Lipinski definition) is 1. The fourth-order valence-corrected chi connectivity index (χ4v) is 2.62. The van der Waals surface area contributed by atoms with E-state index in [-0.39, 0.29) is 5.41 Å². The molecule has 0 atom stereocenters. The number of halogens is 1. The summed E-state index contributed by atoms with van der Waals surface area (Å²) in [5.74, 6) is 2.03. The van der Waals surface area contributed by atoms with E-state index in [1.807, 2.05) is 6.07 Å². The van der Waals surface area contributed by atoms with Crippen molar-refractivity contribution >= 4 is 11.6 Å². The van der Waals surface area contributed by atoms with Crippen molar-refractivity contribution in [3.05, 3.63) is 47.5 Å². The number of rotatable bonds is 3. The summed E-state index contributed by atoms with van der Waals surface area (Å²) in [7, 11) is 0. The van der Waals surface area contributed by atoms with Gasteiger partial charge in [-0.25, -0.2) is 4.98 Å². The summed E-state index contributed by atoms with van der Waals surface area (Å²) >= 11 is 5.76. The summed E-state index contributed by atoms with van der Waals surface area (Å²) in [6.07, 6.45) is 3.48. The van der Waals surface area contributed by atoms with Crippen LogP contribution in [0, 0.1) is 0 Å². The molecule has 1 aliphatic carbocycles. The van der Waals surface area contributed by atoms with E-state index in [9.17, 15) is 0 Å². The molecule has 4 heteroatoms. The standard InChI is InChI=1S/C13H14ClN3/c14-9-11-15-12(17-16-11)13(7-4-8-13)10-5-2-1-3-6-10/h1-3,5-6H,4,7-9H2,(H,15,16,17). The average Bonchev–Trinajstić information content (AvgIpc) is 2.78. The zero-order chi connectivity index (χ0) is 11.7. The number of aromatic amines is 1. The fourth-order valence-electron chi connectivity index (χ4n) is 2.50. The Balaban J connectivity index is 2.02. The fraction of sp³-hybridized carbons (Fsp3) is 0.385. The SMILES string of the molecule is ClCc1nc(C2(c3ccccc3)CCC2)n[nH]1. The molecule has 0 unspecified atom stereocenters. The van der Waals surface area contributed by atoms with Gasteiger partial charge in [-0.15, -0.1) is 11.6 Å². The lowest BCUT2D eigenvalue weighted by Gasteiger charge is -2.39. The molecule has 1 N–H and O–H groups in total. The van der Waals surface area contributed by atoms with Crippen LogP contribution in [0.5, 0.6) is 0 Å². The Hall–Kier alpha value is -1.35. The Labute approximate surface area is 105 Å². The van der Waals surface area contributed by atoms with Gasteiger partial charge in [0.05, 0.1) is 11.3 Å². The Kier molecular flexibility index (Phi) is 2.63. The van der Waals surface area contributed by atoms with Crippen LogP contribution in [-0.4, -0.2) is 15.2 Å². The third-order valence-electron chi connectivity index (χ3n) is 3.62. The molecule has 1 fully saturated rings. The van der Waals surface area contributed by atoms with Gasteiger partial charge in [-0.05, 0) is 18.4 Å². The van der Waals surface area contributed by atoms with Gasteiger partial charge >= 0.3 is 0 Å². The minimum atomic E-state index is 0.0159. The van der Waals surface area contributed by atoms with E-state index < -0.39 is 0 Å². The van der Waals surface area contributed by atoms with E-state index in [1.165, 1.54) is 12.0 Å². The van der Waals surface area contributed by atoms with Gasteiger partial charge in [0, 0.05) is 0 Å². The number of aromatic nitrogens is 3. The van der Waals surface area contributed by atoms with Crippen LogP contribution in [-0.2, 0) is 11.3 Å². The van der Waals surface area contributed by atoms with Gasteiger partial charge in [0.25, 0.3) is 0 Å². The van der Waals surface area contributed by atoms with Crippen molar-refractivity contribution in [2.75, 3.05) is 0 Å². The highest BCUT2D eigenvalue weighted by Gasteiger charge is 2.43. The molecular formula is C13H14ClN3. The number of nitrogens with one attached hydrogen (secondary N) is 1. The topological polar surface area (TPSA) is 41.6 Å². The quantitative estimate of drug-likeness (QED) is 0.848. The van der Waals surface area contributed by atoms with Crippen LogP contribution >= 0.6 is 11.6 Å². The number of H-pyrrole nitrogens is 1. The zero-order valence-corrected chi connectivity index (χ0v) is 10.2. The van der Waals surface area contributed by atoms with Crippen LogP contribution in [0.3, 0.4) is 0 Å². The summed E-state index contributed by atoms with van der Waals surface area (Å²) in [5, 5.41) is 7.24. The summed E-state index contributed by atoms with van der Waals surface area (Å²) < 4.78 is 0. The van der Waals surface area contributed by atoms with Crippen LogP contribution in [0.2, 0.25) is 0 Å². The molecule has 0 spiro atoms. The molecule has 88 valence electrons. The van der Waals surface area contributed by atoms with Gasteiger partial charge in [0.15, 0.2) is 5.82 Å². The highest BCUT2D eigenvalue weighted by Crippen LogP contribution is 2.47. The Morgan fingerprint density at radius 2 is 2.00 bits per heavy atom. The average molecular weight is 248 g/mol. The number of nitrogens with zero attached hydrogens (tertiary/aromatic N) is 2. The Morgan fingerprint density at radius 3 is 2.53 bits per heavy atom. The predicted molar refractivity (Wildman–Crippen MR) is 67.0 cm³/mol. The summed E-state index contributed by atoms with van der Waals surface area (Å²) in [6.45, 7) is 0. The van der Waals surface area contributed by atoms with Gasteiger partial charge in [0.2, 0.25) is 0 Å². The molecule has 1 saturated carbocycles. The molecule has 2 aromatic rings. The maximum atomic E-state index is 5.76. The lowest BCUT2D eigenvalue weighted by molar-refractivity contribution is 0.286. The lowest BCUT2D eigenvalue weighted by Crippen LogP contribution is -2.36. The van der Waals surface area contributed by atoms with E-state index in [0.29, 0.717) is 5.88 Å². The molecule has 0 saturated heterocycles. The van der Waals surface area contributed by atoms with E-state index >= 15 is 0 Å². The molecule has 1 heterocycles. The highest BCUT2D eigenvalue weighted by molar-refractivity contribution is 6.16. The smallest absolute Gasteiger partial charge is 0.161 e. The van der Waals surface area contributed by atoms with Gasteiger partial charge in [-0.1, -0.05) is 36.8 Å². The van der Waals surface area contributed by atoms with Gasteiger partial charge < -0.3 is 0 Å². The second-order valence-electron chi connectivity index (χ2n) is 4.54. The second-order valence-corrected chi connectivity index (χ2v) is 4.81. The van der Waals surface area contributed by atoms with Gasteiger partial charge in [0.1, 0.15) is 5.82 Å². The molecule has 1 aromatic heterocycles. The first-order chi connectivity index (χ1) is 8.35. The Bertz CT molecular complexity index is 502. The molecule has 0 amide bonds. The van der Waals surface area contributed by atoms with E-state index in [1.54, 1.807) is 0 Å². The summed E-state index contributed by atoms with van der Waals surface area (Å²) in [4.78, 5) is 4.50.